The molecule has 16 heavy (non-hydrogen) atoms. The predicted octanol–water partition coefficient (Wildman–Crippen LogP) is -0.500. The van der Waals surface area contributed by atoms with E-state index in [1.807, 2.05) is 0 Å². The van der Waals surface area contributed by atoms with E-state index >= 15 is 0 Å². The van der Waals surface area contributed by atoms with Crippen LogP contribution in [0.3, 0.4) is 0 Å². The maximum absolute atomic E-state index is 11.3. The monoisotopic (exact) mass is 245 g/mol. The SMILES string of the molecule is CCN1CCOC(CNC(=O)CC(N)=S)C1. The third-order valence-corrected chi connectivity index (χ3v) is 2.68. The number of hydrogen-bond donors (Lipinski definition) is 2. The van der Waals surface area contributed by atoms with Crippen molar-refractivity contribution in [2.24, 2.45) is 5.73 Å². The lowest BCUT2D eigenvalue weighted by atomic mass is 10.2. The van der Waals surface area contributed by atoms with Crippen LogP contribution in [0.25, 0.3) is 0 Å². The van der Waals surface area contributed by atoms with Crippen LogP contribution < -0.4 is 11.1 Å². The Hall–Kier alpha value is -0.720. The normalized spacial score (nSPS) is 21.7. The van der Waals surface area contributed by atoms with Crippen LogP contribution in [-0.2, 0) is 9.53 Å². The number of carbonyl (C=O) groups excluding carboxylic acids is 1. The average molecular weight is 245 g/mol. The standard InChI is InChI=1S/C10H19N3O2S/c1-2-13-3-4-15-8(7-13)6-12-10(14)5-9(11)16/h8H,2-7H2,1H3,(H2,11,16)(H,12,14). The summed E-state index contributed by atoms with van der Waals surface area (Å²) < 4.78 is 5.54. The zero-order chi connectivity index (χ0) is 12.0. The number of nitrogens with one attached hydrogen (secondary N) is 1. The minimum atomic E-state index is -0.135. The Balaban J connectivity index is 2.21. The Labute approximate surface area is 101 Å². The molecule has 1 rings (SSSR count). The van der Waals surface area contributed by atoms with Gasteiger partial charge in [0.15, 0.2) is 0 Å². The van der Waals surface area contributed by atoms with Crippen LogP contribution >= 0.6 is 12.2 Å². The molecule has 0 bridgehead atoms. The summed E-state index contributed by atoms with van der Waals surface area (Å²) in [5.41, 5.74) is 5.28. The molecule has 1 aliphatic rings. The number of ether oxygens (including phenoxy) is 1. The Morgan fingerprint density at radius 3 is 3.06 bits per heavy atom. The maximum Gasteiger partial charge on any atom is 0.226 e. The summed E-state index contributed by atoms with van der Waals surface area (Å²) in [7, 11) is 0. The van der Waals surface area contributed by atoms with Crippen molar-refractivity contribution in [3.63, 3.8) is 0 Å². The summed E-state index contributed by atoms with van der Waals surface area (Å²) in [5, 5.41) is 2.77. The first-order chi connectivity index (χ1) is 7.61. The van der Waals surface area contributed by atoms with Gasteiger partial charge in [0.25, 0.3) is 0 Å². The number of carbonyl (C=O) groups is 1. The van der Waals surface area contributed by atoms with Crippen LogP contribution in [0.1, 0.15) is 13.3 Å². The second kappa shape index (κ2) is 6.78. The maximum atomic E-state index is 11.3. The van der Waals surface area contributed by atoms with E-state index in [9.17, 15) is 4.79 Å². The van der Waals surface area contributed by atoms with E-state index in [0.717, 1.165) is 26.2 Å². The zero-order valence-electron chi connectivity index (χ0n) is 9.57. The number of thiocarbonyl (C=S) groups is 1. The molecule has 5 nitrogen and oxygen atoms in total. The van der Waals surface area contributed by atoms with E-state index in [4.69, 9.17) is 10.5 Å². The van der Waals surface area contributed by atoms with Crippen molar-refractivity contribution in [1.29, 1.82) is 0 Å². The molecule has 1 atom stereocenters. The Kier molecular flexibility index (Phi) is 5.65. The van der Waals surface area contributed by atoms with E-state index in [-0.39, 0.29) is 23.4 Å². The van der Waals surface area contributed by atoms with E-state index in [1.54, 1.807) is 0 Å². The van der Waals surface area contributed by atoms with Crippen molar-refractivity contribution >= 4 is 23.1 Å². The van der Waals surface area contributed by atoms with Gasteiger partial charge in [0.1, 0.15) is 0 Å². The van der Waals surface area contributed by atoms with E-state index in [0.29, 0.717) is 6.54 Å². The van der Waals surface area contributed by atoms with Crippen LogP contribution in [0, 0.1) is 0 Å². The largest absolute Gasteiger partial charge is 0.393 e. The van der Waals surface area contributed by atoms with Crippen molar-refractivity contribution in [3.05, 3.63) is 0 Å². The molecule has 1 unspecified atom stereocenters. The molecule has 0 radical (unpaired) electrons. The van der Waals surface area contributed by atoms with Crippen LogP contribution in [-0.4, -0.2) is 54.7 Å². The van der Waals surface area contributed by atoms with Gasteiger partial charge < -0.3 is 15.8 Å². The van der Waals surface area contributed by atoms with E-state index < -0.39 is 0 Å². The third kappa shape index (κ3) is 4.87. The van der Waals surface area contributed by atoms with Crippen LogP contribution in [0.5, 0.6) is 0 Å². The second-order valence-corrected chi connectivity index (χ2v) is 4.36. The Morgan fingerprint density at radius 2 is 2.44 bits per heavy atom. The lowest BCUT2D eigenvalue weighted by Crippen LogP contribution is -2.47. The number of amides is 1. The van der Waals surface area contributed by atoms with Gasteiger partial charge >= 0.3 is 0 Å². The fraction of sp³-hybridized carbons (Fsp3) is 0.800. The average Bonchev–Trinajstić information content (AvgIpc) is 2.26. The van der Waals surface area contributed by atoms with Crippen molar-refractivity contribution in [3.8, 4) is 0 Å². The highest BCUT2D eigenvalue weighted by atomic mass is 32.1. The summed E-state index contributed by atoms with van der Waals surface area (Å²) in [6.07, 6.45) is 0.184. The van der Waals surface area contributed by atoms with Gasteiger partial charge in [-0.25, -0.2) is 0 Å². The molecule has 1 saturated heterocycles. The third-order valence-electron chi connectivity index (χ3n) is 2.53. The first-order valence-corrected chi connectivity index (χ1v) is 5.91. The molecule has 0 aromatic carbocycles. The zero-order valence-corrected chi connectivity index (χ0v) is 10.4. The minimum absolute atomic E-state index is 0.0731. The molecule has 0 aliphatic carbocycles. The molecule has 92 valence electrons. The number of morpholine rings is 1. The number of rotatable bonds is 5. The lowest BCUT2D eigenvalue weighted by molar-refractivity contribution is -0.121. The van der Waals surface area contributed by atoms with Crippen LogP contribution in [0.15, 0.2) is 0 Å². The topological polar surface area (TPSA) is 67.6 Å². The molecule has 1 fully saturated rings. The van der Waals surface area contributed by atoms with Crippen molar-refractivity contribution in [1.82, 2.24) is 10.2 Å². The fourth-order valence-electron chi connectivity index (χ4n) is 1.64. The molecule has 3 N–H and O–H groups in total. The smallest absolute Gasteiger partial charge is 0.226 e. The highest BCUT2D eigenvalue weighted by Crippen LogP contribution is 2.03. The second-order valence-electron chi connectivity index (χ2n) is 3.83. The first-order valence-electron chi connectivity index (χ1n) is 5.50. The molecule has 0 spiro atoms. The highest BCUT2D eigenvalue weighted by molar-refractivity contribution is 7.80. The summed E-state index contributed by atoms with van der Waals surface area (Å²) >= 11 is 4.66. The van der Waals surface area contributed by atoms with Gasteiger partial charge in [-0.05, 0) is 6.54 Å². The summed E-state index contributed by atoms with van der Waals surface area (Å²) in [6.45, 7) is 6.22. The van der Waals surface area contributed by atoms with Crippen molar-refractivity contribution < 1.29 is 9.53 Å². The van der Waals surface area contributed by atoms with Crippen LogP contribution in [0.4, 0.5) is 0 Å². The number of hydrogen-bond acceptors (Lipinski definition) is 4. The molecule has 0 aromatic rings. The molecule has 0 aromatic heterocycles. The first kappa shape index (κ1) is 13.3. The van der Waals surface area contributed by atoms with Crippen molar-refractivity contribution in [2.45, 2.75) is 19.4 Å². The number of likely N-dealkylation sites (N-methyl/N-ethyl adjacent to an activating group) is 1. The van der Waals surface area contributed by atoms with Gasteiger partial charge in [-0.15, -0.1) is 0 Å². The fourth-order valence-corrected chi connectivity index (χ4v) is 1.77. The Bertz CT molecular complexity index is 260. The van der Waals surface area contributed by atoms with Gasteiger partial charge in [-0.3, -0.25) is 9.69 Å². The van der Waals surface area contributed by atoms with Gasteiger partial charge in [0.2, 0.25) is 5.91 Å². The molecule has 6 heteroatoms. The summed E-state index contributed by atoms with van der Waals surface area (Å²) in [4.78, 5) is 13.8. The van der Waals surface area contributed by atoms with Crippen LogP contribution in [0.2, 0.25) is 0 Å². The quantitative estimate of drug-likeness (QED) is 0.639. The van der Waals surface area contributed by atoms with Gasteiger partial charge in [-0.2, -0.15) is 0 Å². The van der Waals surface area contributed by atoms with Crippen molar-refractivity contribution in [2.75, 3.05) is 32.8 Å². The Morgan fingerprint density at radius 1 is 1.69 bits per heavy atom. The summed E-state index contributed by atoms with van der Waals surface area (Å²) in [6, 6.07) is 0. The highest BCUT2D eigenvalue weighted by Gasteiger charge is 2.19. The van der Waals surface area contributed by atoms with Gasteiger partial charge in [-0.1, -0.05) is 19.1 Å². The van der Waals surface area contributed by atoms with E-state index in [1.165, 1.54) is 0 Å². The van der Waals surface area contributed by atoms with Gasteiger partial charge in [0, 0.05) is 19.6 Å². The van der Waals surface area contributed by atoms with Gasteiger partial charge in [0.05, 0.1) is 24.1 Å². The molecule has 0 saturated carbocycles. The number of nitrogens with zero attached hydrogens (tertiary/aromatic N) is 1. The molecule has 1 aliphatic heterocycles. The molecular weight excluding hydrogens is 226 g/mol. The predicted molar refractivity (Wildman–Crippen MR) is 66.3 cm³/mol. The minimum Gasteiger partial charge on any atom is -0.393 e. The summed E-state index contributed by atoms with van der Waals surface area (Å²) in [5.74, 6) is -0.135. The molecule has 1 heterocycles. The lowest BCUT2D eigenvalue weighted by Gasteiger charge is -2.32. The number of nitrogens with two attached hydrogens (primary N) is 1. The molecule has 1 amide bonds. The van der Waals surface area contributed by atoms with E-state index in [2.05, 4.69) is 29.4 Å². The molecular formula is C10H19N3O2S.